The van der Waals surface area contributed by atoms with Crippen molar-refractivity contribution in [3.05, 3.63) is 70.3 Å². The second-order valence-electron chi connectivity index (χ2n) is 6.00. The summed E-state index contributed by atoms with van der Waals surface area (Å²) in [7, 11) is 0. The van der Waals surface area contributed by atoms with Gasteiger partial charge in [0.1, 0.15) is 11.8 Å². The molecule has 134 valence electrons. The van der Waals surface area contributed by atoms with Crippen molar-refractivity contribution in [2.24, 2.45) is 0 Å². The fraction of sp³-hybridized carbons (Fsp3) is 0.105. The molecule has 0 spiro atoms. The lowest BCUT2D eigenvalue weighted by Crippen LogP contribution is -2.17. The highest BCUT2D eigenvalue weighted by Crippen LogP contribution is 2.22. The Bertz CT molecular complexity index is 1080. The zero-order valence-corrected chi connectivity index (χ0v) is 14.8. The van der Waals surface area contributed by atoms with Gasteiger partial charge in [0.2, 0.25) is 0 Å². The topological polar surface area (TPSA) is 144 Å². The molecule has 0 aliphatic rings. The molecule has 0 aliphatic carbocycles. The maximum Gasteiger partial charge on any atom is 0.274 e. The van der Waals surface area contributed by atoms with Gasteiger partial charge in [-0.1, -0.05) is 0 Å². The van der Waals surface area contributed by atoms with Gasteiger partial charge in [-0.25, -0.2) is 4.98 Å². The molecule has 1 aromatic carbocycles. The molecule has 3 aromatic rings. The van der Waals surface area contributed by atoms with Crippen LogP contribution in [0, 0.1) is 30.6 Å². The molecule has 0 aliphatic heterocycles. The summed E-state index contributed by atoms with van der Waals surface area (Å²) in [5, 5.41) is 26.6. The molecular formula is C19H17N7O. The summed E-state index contributed by atoms with van der Waals surface area (Å²) in [5.74, 6) is -0.398. The lowest BCUT2D eigenvalue weighted by molar-refractivity contribution is 0.102. The Morgan fingerprint density at radius 2 is 2.07 bits per heavy atom. The number of hydrogen-bond donors (Lipinski definition) is 4. The van der Waals surface area contributed by atoms with Crippen molar-refractivity contribution in [1.29, 1.82) is 10.7 Å². The Morgan fingerprint density at radius 1 is 1.30 bits per heavy atom. The first-order chi connectivity index (χ1) is 12.9. The van der Waals surface area contributed by atoms with E-state index in [0.717, 1.165) is 5.56 Å². The lowest BCUT2D eigenvalue weighted by atomic mass is 10.0. The smallest absolute Gasteiger partial charge is 0.274 e. The number of nitrogens with zero attached hydrogens (tertiary/aromatic N) is 3. The number of pyridine rings is 1. The maximum absolute atomic E-state index is 12.6. The van der Waals surface area contributed by atoms with E-state index in [9.17, 15) is 4.79 Å². The van der Waals surface area contributed by atoms with E-state index in [4.69, 9.17) is 16.4 Å². The normalized spacial score (nSPS) is 10.3. The van der Waals surface area contributed by atoms with Gasteiger partial charge in [0.05, 0.1) is 17.5 Å². The van der Waals surface area contributed by atoms with Crippen LogP contribution in [0.1, 0.15) is 38.3 Å². The molecule has 0 saturated carbocycles. The van der Waals surface area contributed by atoms with Gasteiger partial charge < -0.3 is 11.1 Å². The number of rotatable bonds is 4. The third-order valence-corrected chi connectivity index (χ3v) is 4.35. The standard InChI is InChI=1S/C19H17N7O/c1-10-11(2)18(23-7-12(10)6-20)19(27)26-14-3-4-16(21)15(5-14)17(22)13-8-24-25-9-13/h3-5,7-9,22H,21H2,1-2H3,(H,24,25)(H,26,27). The Labute approximate surface area is 155 Å². The van der Waals surface area contributed by atoms with Gasteiger partial charge in [0.25, 0.3) is 5.91 Å². The number of aromatic nitrogens is 3. The average Bonchev–Trinajstić information content (AvgIpc) is 3.19. The minimum absolute atomic E-state index is 0.195. The first kappa shape index (κ1) is 17.8. The molecule has 3 rings (SSSR count). The van der Waals surface area contributed by atoms with Gasteiger partial charge in [0, 0.05) is 34.9 Å². The molecule has 2 heterocycles. The monoisotopic (exact) mass is 359 g/mol. The number of carbonyl (C=O) groups is 1. The van der Waals surface area contributed by atoms with Crippen LogP contribution in [0.4, 0.5) is 11.4 Å². The minimum atomic E-state index is -0.398. The Hall–Kier alpha value is -3.99. The van der Waals surface area contributed by atoms with Gasteiger partial charge >= 0.3 is 0 Å². The molecule has 0 fully saturated rings. The average molecular weight is 359 g/mol. The third kappa shape index (κ3) is 3.39. The molecule has 2 aromatic heterocycles. The van der Waals surface area contributed by atoms with Crippen LogP contribution in [0.2, 0.25) is 0 Å². The molecule has 1 amide bonds. The molecular weight excluding hydrogens is 342 g/mol. The highest BCUT2D eigenvalue weighted by atomic mass is 16.1. The summed E-state index contributed by atoms with van der Waals surface area (Å²) in [5.41, 5.74) is 10.2. The highest BCUT2D eigenvalue weighted by Gasteiger charge is 2.16. The number of nitrogens with one attached hydrogen (secondary N) is 3. The van der Waals surface area contributed by atoms with E-state index in [-0.39, 0.29) is 11.4 Å². The van der Waals surface area contributed by atoms with Crippen LogP contribution in [-0.4, -0.2) is 26.8 Å². The highest BCUT2D eigenvalue weighted by molar-refractivity contribution is 6.14. The fourth-order valence-electron chi connectivity index (χ4n) is 2.63. The minimum Gasteiger partial charge on any atom is -0.398 e. The van der Waals surface area contributed by atoms with Crippen LogP contribution in [-0.2, 0) is 0 Å². The third-order valence-electron chi connectivity index (χ3n) is 4.35. The van der Waals surface area contributed by atoms with Gasteiger partial charge in [-0.05, 0) is 43.2 Å². The second-order valence-corrected chi connectivity index (χ2v) is 6.00. The predicted molar refractivity (Wildman–Crippen MR) is 102 cm³/mol. The van der Waals surface area contributed by atoms with Crippen molar-refractivity contribution in [3.8, 4) is 6.07 Å². The van der Waals surface area contributed by atoms with Crippen molar-refractivity contribution in [3.63, 3.8) is 0 Å². The summed E-state index contributed by atoms with van der Waals surface area (Å²) in [6, 6.07) is 6.97. The summed E-state index contributed by atoms with van der Waals surface area (Å²) in [6.07, 6.45) is 4.51. The van der Waals surface area contributed by atoms with E-state index >= 15 is 0 Å². The number of H-pyrrole nitrogens is 1. The molecule has 0 atom stereocenters. The van der Waals surface area contributed by atoms with Crippen LogP contribution in [0.5, 0.6) is 0 Å². The number of benzene rings is 1. The molecule has 5 N–H and O–H groups in total. The van der Waals surface area contributed by atoms with Crippen molar-refractivity contribution < 1.29 is 4.79 Å². The number of anilines is 2. The van der Waals surface area contributed by atoms with Crippen molar-refractivity contribution in [1.82, 2.24) is 15.2 Å². The Kier molecular flexibility index (Phi) is 4.68. The summed E-state index contributed by atoms with van der Waals surface area (Å²) < 4.78 is 0. The van der Waals surface area contributed by atoms with Crippen LogP contribution in [0.25, 0.3) is 0 Å². The van der Waals surface area contributed by atoms with Crippen molar-refractivity contribution >= 4 is 23.0 Å². The molecule has 0 saturated heterocycles. The largest absolute Gasteiger partial charge is 0.398 e. The first-order valence-corrected chi connectivity index (χ1v) is 8.07. The van der Waals surface area contributed by atoms with E-state index < -0.39 is 5.91 Å². The van der Waals surface area contributed by atoms with Crippen LogP contribution in [0.15, 0.2) is 36.8 Å². The van der Waals surface area contributed by atoms with E-state index in [1.807, 2.05) is 0 Å². The molecule has 27 heavy (non-hydrogen) atoms. The van der Waals surface area contributed by atoms with Gasteiger partial charge in [-0.2, -0.15) is 10.4 Å². The number of hydrogen-bond acceptors (Lipinski definition) is 6. The van der Waals surface area contributed by atoms with Crippen molar-refractivity contribution in [2.75, 3.05) is 11.1 Å². The number of nitrogen functional groups attached to an aromatic ring is 1. The van der Waals surface area contributed by atoms with Gasteiger partial charge in [-0.15, -0.1) is 0 Å². The van der Waals surface area contributed by atoms with Crippen LogP contribution < -0.4 is 11.1 Å². The second kappa shape index (κ2) is 7.09. The molecule has 0 radical (unpaired) electrons. The number of amides is 1. The molecule has 0 unspecified atom stereocenters. The zero-order valence-electron chi connectivity index (χ0n) is 14.8. The summed E-state index contributed by atoms with van der Waals surface area (Å²) >= 11 is 0. The summed E-state index contributed by atoms with van der Waals surface area (Å²) in [4.78, 5) is 16.7. The van der Waals surface area contributed by atoms with Crippen LogP contribution >= 0.6 is 0 Å². The quantitative estimate of drug-likeness (QED) is 0.418. The van der Waals surface area contributed by atoms with Gasteiger partial charge in [0.15, 0.2) is 0 Å². The molecule has 0 bridgehead atoms. The van der Waals surface area contributed by atoms with E-state index in [0.29, 0.717) is 33.6 Å². The number of carbonyl (C=O) groups excluding carboxylic acids is 1. The SMILES string of the molecule is Cc1c(C#N)cnc(C(=O)Nc2ccc(N)c(C(=N)c3cn[nH]c3)c2)c1C. The summed E-state index contributed by atoms with van der Waals surface area (Å²) in [6.45, 7) is 3.53. The lowest BCUT2D eigenvalue weighted by Gasteiger charge is -2.12. The van der Waals surface area contributed by atoms with Crippen LogP contribution in [0.3, 0.4) is 0 Å². The zero-order chi connectivity index (χ0) is 19.6. The maximum atomic E-state index is 12.6. The van der Waals surface area contributed by atoms with Gasteiger partial charge in [-0.3, -0.25) is 15.3 Å². The number of nitriles is 1. The number of nitrogens with two attached hydrogens (primary N) is 1. The first-order valence-electron chi connectivity index (χ1n) is 8.07. The van der Waals surface area contributed by atoms with Crippen molar-refractivity contribution in [2.45, 2.75) is 13.8 Å². The Balaban J connectivity index is 1.90. The number of aromatic amines is 1. The van der Waals surface area contributed by atoms with E-state index in [2.05, 4.69) is 26.6 Å². The Morgan fingerprint density at radius 3 is 2.74 bits per heavy atom. The van der Waals surface area contributed by atoms with E-state index in [1.54, 1.807) is 38.2 Å². The van der Waals surface area contributed by atoms with E-state index in [1.165, 1.54) is 12.4 Å². The molecule has 8 heteroatoms. The predicted octanol–water partition coefficient (Wildman–Crippen LogP) is 2.54. The fourth-order valence-corrected chi connectivity index (χ4v) is 2.63. The molecule has 8 nitrogen and oxygen atoms in total.